The maximum Gasteiger partial charge on any atom is 0.302 e. The predicted octanol–water partition coefficient (Wildman–Crippen LogP) is 5.33. The molecule has 2 aromatic carbocycles. The fourth-order valence-electron chi connectivity index (χ4n) is 5.61. The third kappa shape index (κ3) is 4.11. The minimum Gasteiger partial charge on any atom is -0.350 e. The van der Waals surface area contributed by atoms with E-state index in [0.717, 1.165) is 5.56 Å². The number of H-pyrrole nitrogens is 1. The molecular formula is C28H27Cl2N5O3. The third-order valence-electron chi connectivity index (χ3n) is 7.58. The van der Waals surface area contributed by atoms with E-state index in [9.17, 15) is 14.4 Å². The largest absolute Gasteiger partial charge is 0.350 e. The molecular weight excluding hydrogens is 525 g/mol. The molecule has 10 heteroatoms. The lowest BCUT2D eigenvalue weighted by Crippen LogP contribution is -2.51. The first-order valence-corrected chi connectivity index (χ1v) is 13.1. The molecule has 1 fully saturated rings. The summed E-state index contributed by atoms with van der Waals surface area (Å²) in [7, 11) is 1.59. The van der Waals surface area contributed by atoms with Gasteiger partial charge in [0, 0.05) is 30.2 Å². The highest BCUT2D eigenvalue weighted by Crippen LogP contribution is 2.47. The summed E-state index contributed by atoms with van der Waals surface area (Å²) in [5, 5.41) is 4.25. The highest BCUT2D eigenvalue weighted by molar-refractivity contribution is 6.45. The number of fused-ring (bicyclic) bond motifs is 3. The molecule has 2 aliphatic heterocycles. The standard InChI is InChI=1S/C28H27Cl2N5O3/c1-15(2)11-22(34(4)25(36)21-12-16-19(32-21)10-9-18(29)24(16)30)26(37)35-14-28(13-23(35)31-3)17-7-5-6-8-20(17)33-27(28)38/h5-10,12,15,22-23,32H,11,13-14H2,1-2,4H3,(H,33,38)/t22-,23-,28-/m0/s1. The number of likely N-dealkylation sites (tertiary alicyclic amines) is 1. The summed E-state index contributed by atoms with van der Waals surface area (Å²) < 4.78 is 0. The van der Waals surface area contributed by atoms with Gasteiger partial charge in [0.25, 0.3) is 11.8 Å². The molecule has 196 valence electrons. The van der Waals surface area contributed by atoms with Crippen LogP contribution in [-0.2, 0) is 15.0 Å². The second-order valence-electron chi connectivity index (χ2n) is 10.4. The number of nitrogens with one attached hydrogen (secondary N) is 2. The topological polar surface area (TPSA) is 89.9 Å². The number of aromatic nitrogens is 1. The number of hydrogen-bond donors (Lipinski definition) is 2. The summed E-state index contributed by atoms with van der Waals surface area (Å²) in [5.41, 5.74) is 1.45. The fraction of sp³-hybridized carbons (Fsp3) is 0.357. The van der Waals surface area contributed by atoms with E-state index >= 15 is 0 Å². The first kappa shape index (κ1) is 26.1. The van der Waals surface area contributed by atoms with Crippen molar-refractivity contribution in [1.82, 2.24) is 14.8 Å². The maximum atomic E-state index is 14.1. The smallest absolute Gasteiger partial charge is 0.302 e. The molecule has 3 atom stereocenters. The number of benzene rings is 2. The number of rotatable bonds is 5. The summed E-state index contributed by atoms with van der Waals surface area (Å²) in [6.45, 7) is 11.8. The molecule has 0 saturated carbocycles. The van der Waals surface area contributed by atoms with Gasteiger partial charge in [0.15, 0.2) is 0 Å². The van der Waals surface area contributed by atoms with Gasteiger partial charge in [-0.2, -0.15) is 0 Å². The van der Waals surface area contributed by atoms with Gasteiger partial charge in [-0.25, -0.2) is 6.57 Å². The van der Waals surface area contributed by atoms with E-state index in [1.165, 1.54) is 9.80 Å². The van der Waals surface area contributed by atoms with Crippen molar-refractivity contribution in [3.8, 4) is 0 Å². The van der Waals surface area contributed by atoms with Crippen molar-refractivity contribution in [3.63, 3.8) is 0 Å². The Morgan fingerprint density at radius 3 is 2.68 bits per heavy atom. The van der Waals surface area contributed by atoms with E-state index in [-0.39, 0.29) is 42.3 Å². The Kier molecular flexibility index (Phi) is 6.62. The van der Waals surface area contributed by atoms with Crippen LogP contribution in [0.15, 0.2) is 42.5 Å². The van der Waals surface area contributed by atoms with Gasteiger partial charge in [0.05, 0.1) is 16.5 Å². The zero-order valence-corrected chi connectivity index (χ0v) is 22.7. The summed E-state index contributed by atoms with van der Waals surface area (Å²) in [6, 6.07) is 11.6. The molecule has 0 radical (unpaired) electrons. The minimum absolute atomic E-state index is 0.0822. The lowest BCUT2D eigenvalue weighted by Gasteiger charge is -2.32. The Labute approximate surface area is 230 Å². The Morgan fingerprint density at radius 1 is 1.24 bits per heavy atom. The summed E-state index contributed by atoms with van der Waals surface area (Å²) in [6.07, 6.45) is -0.213. The van der Waals surface area contributed by atoms with E-state index < -0.39 is 17.6 Å². The van der Waals surface area contributed by atoms with Gasteiger partial charge < -0.3 is 15.2 Å². The molecule has 3 heterocycles. The van der Waals surface area contributed by atoms with Gasteiger partial charge >= 0.3 is 6.17 Å². The molecule has 1 saturated heterocycles. The number of likely N-dealkylation sites (N-methyl/N-ethyl adjacent to an activating group) is 1. The quantitative estimate of drug-likeness (QED) is 0.420. The van der Waals surface area contributed by atoms with Gasteiger partial charge in [-0.1, -0.05) is 55.2 Å². The van der Waals surface area contributed by atoms with E-state index in [1.807, 2.05) is 38.1 Å². The molecule has 3 aromatic rings. The monoisotopic (exact) mass is 551 g/mol. The Morgan fingerprint density at radius 2 is 1.97 bits per heavy atom. The van der Waals surface area contributed by atoms with Crippen LogP contribution in [0.1, 0.15) is 42.7 Å². The number of carbonyl (C=O) groups excluding carboxylic acids is 3. The van der Waals surface area contributed by atoms with Crippen molar-refractivity contribution >= 4 is 57.5 Å². The van der Waals surface area contributed by atoms with Crippen molar-refractivity contribution < 1.29 is 14.4 Å². The summed E-state index contributed by atoms with van der Waals surface area (Å²) in [4.78, 5) is 50.5. The van der Waals surface area contributed by atoms with E-state index in [0.29, 0.717) is 33.1 Å². The van der Waals surface area contributed by atoms with Crippen molar-refractivity contribution in [2.75, 3.05) is 18.9 Å². The lowest BCUT2D eigenvalue weighted by molar-refractivity contribution is -0.136. The highest BCUT2D eigenvalue weighted by Gasteiger charge is 2.59. The maximum absolute atomic E-state index is 14.1. The van der Waals surface area contributed by atoms with Crippen molar-refractivity contribution in [3.05, 3.63) is 75.2 Å². The predicted molar refractivity (Wildman–Crippen MR) is 147 cm³/mol. The van der Waals surface area contributed by atoms with Crippen molar-refractivity contribution in [2.45, 2.75) is 44.3 Å². The second kappa shape index (κ2) is 9.64. The molecule has 1 spiro atoms. The van der Waals surface area contributed by atoms with Crippen LogP contribution < -0.4 is 5.32 Å². The van der Waals surface area contributed by atoms with Crippen LogP contribution in [0.4, 0.5) is 5.69 Å². The van der Waals surface area contributed by atoms with Gasteiger partial charge in [-0.15, -0.1) is 0 Å². The van der Waals surface area contributed by atoms with Gasteiger partial charge in [0.1, 0.15) is 17.2 Å². The number of para-hydroxylation sites is 1. The molecule has 3 amide bonds. The number of amides is 3. The molecule has 0 bridgehead atoms. The Balaban J connectivity index is 1.46. The van der Waals surface area contributed by atoms with Crippen LogP contribution in [0, 0.1) is 12.5 Å². The van der Waals surface area contributed by atoms with E-state index in [2.05, 4.69) is 15.1 Å². The Bertz CT molecular complexity index is 1510. The summed E-state index contributed by atoms with van der Waals surface area (Å²) in [5.74, 6) is -0.846. The normalized spacial score (nSPS) is 21.0. The van der Waals surface area contributed by atoms with Crippen LogP contribution in [-0.4, -0.2) is 58.3 Å². The number of hydrogen-bond acceptors (Lipinski definition) is 3. The fourth-order valence-corrected chi connectivity index (χ4v) is 5.99. The van der Waals surface area contributed by atoms with Crippen molar-refractivity contribution in [2.24, 2.45) is 5.92 Å². The third-order valence-corrected chi connectivity index (χ3v) is 8.40. The molecule has 2 N–H and O–H groups in total. The Hall–Kier alpha value is -3.54. The number of anilines is 1. The second-order valence-corrected chi connectivity index (χ2v) is 11.2. The number of halogens is 2. The molecule has 0 unspecified atom stereocenters. The first-order chi connectivity index (χ1) is 18.1. The number of aromatic amines is 1. The molecule has 8 nitrogen and oxygen atoms in total. The zero-order valence-electron chi connectivity index (χ0n) is 21.2. The molecule has 38 heavy (non-hydrogen) atoms. The zero-order chi connectivity index (χ0) is 27.4. The molecule has 5 rings (SSSR count). The highest BCUT2D eigenvalue weighted by atomic mass is 35.5. The lowest BCUT2D eigenvalue weighted by atomic mass is 9.80. The van der Waals surface area contributed by atoms with Crippen LogP contribution >= 0.6 is 23.2 Å². The molecule has 1 aromatic heterocycles. The first-order valence-electron chi connectivity index (χ1n) is 12.4. The van der Waals surface area contributed by atoms with Gasteiger partial charge in [-0.05, 0) is 42.2 Å². The average Bonchev–Trinajstić information content (AvgIpc) is 3.58. The van der Waals surface area contributed by atoms with Crippen LogP contribution in [0.5, 0.6) is 0 Å². The van der Waals surface area contributed by atoms with Crippen LogP contribution in [0.2, 0.25) is 10.0 Å². The van der Waals surface area contributed by atoms with Crippen LogP contribution in [0.3, 0.4) is 0 Å². The van der Waals surface area contributed by atoms with Crippen LogP contribution in [0.25, 0.3) is 15.7 Å². The SMILES string of the molecule is [C-]#[N+][C@@H]1C[C@@]2(CN1C(=O)[C@H](CC(C)C)N(C)C(=O)c1cc3c(Cl)c(Cl)ccc3[nH]1)C(=O)Nc1ccccc12. The minimum atomic E-state index is -0.986. The van der Waals surface area contributed by atoms with E-state index in [1.54, 1.807) is 25.2 Å². The average molecular weight is 552 g/mol. The van der Waals surface area contributed by atoms with E-state index in [4.69, 9.17) is 29.8 Å². The van der Waals surface area contributed by atoms with Gasteiger partial charge in [-0.3, -0.25) is 24.1 Å². The number of carbonyl (C=O) groups is 3. The summed E-state index contributed by atoms with van der Waals surface area (Å²) >= 11 is 12.5. The number of nitrogens with zero attached hydrogens (tertiary/aromatic N) is 3. The van der Waals surface area contributed by atoms with Crippen molar-refractivity contribution in [1.29, 1.82) is 0 Å². The molecule has 2 aliphatic rings. The van der Waals surface area contributed by atoms with Gasteiger partial charge in [0.2, 0.25) is 5.91 Å². The molecule has 0 aliphatic carbocycles.